The molecule has 2 unspecified atom stereocenters. The first-order chi connectivity index (χ1) is 9.20. The van der Waals surface area contributed by atoms with Crippen molar-refractivity contribution in [2.75, 3.05) is 13.1 Å². The molecular formula is C15H20F2N2. The summed E-state index contributed by atoms with van der Waals surface area (Å²) in [6.45, 7) is 1.65. The number of benzene rings is 1. The fourth-order valence-corrected chi connectivity index (χ4v) is 3.33. The number of halogens is 2. The van der Waals surface area contributed by atoms with Crippen LogP contribution in [0.3, 0.4) is 0 Å². The van der Waals surface area contributed by atoms with Gasteiger partial charge in [-0.25, -0.2) is 8.78 Å². The molecule has 0 spiro atoms. The number of nitrogens with zero attached hydrogens (tertiary/aromatic N) is 1. The second-order valence-electron chi connectivity index (χ2n) is 5.73. The molecule has 2 aliphatic rings. The molecule has 0 aromatic heterocycles. The molecule has 0 bridgehead atoms. The minimum absolute atomic E-state index is 0.154. The van der Waals surface area contributed by atoms with Crippen molar-refractivity contribution in [3.8, 4) is 0 Å². The molecular weight excluding hydrogens is 246 g/mol. The standard InChI is InChI=1S/C15H20F2N2/c16-13-6-3-10(8-14(13)17)15-11(9-18)2-1-7-19(15)12-4-5-12/h3,6,8,11-12,15H,1-2,4-5,7,9,18H2. The highest BCUT2D eigenvalue weighted by Crippen LogP contribution is 2.42. The molecule has 2 N–H and O–H groups in total. The molecule has 1 saturated heterocycles. The normalized spacial score (nSPS) is 28.6. The van der Waals surface area contributed by atoms with Gasteiger partial charge in [-0.05, 0) is 62.4 Å². The van der Waals surface area contributed by atoms with E-state index in [1.165, 1.54) is 25.0 Å². The number of nitrogens with two attached hydrogens (primary N) is 1. The predicted molar refractivity (Wildman–Crippen MR) is 70.6 cm³/mol. The maximum Gasteiger partial charge on any atom is 0.159 e. The van der Waals surface area contributed by atoms with Crippen LogP contribution in [0, 0.1) is 17.6 Å². The van der Waals surface area contributed by atoms with Gasteiger partial charge in [-0.2, -0.15) is 0 Å². The summed E-state index contributed by atoms with van der Waals surface area (Å²) >= 11 is 0. The van der Waals surface area contributed by atoms with E-state index in [4.69, 9.17) is 5.73 Å². The lowest BCUT2D eigenvalue weighted by Gasteiger charge is -2.41. The highest BCUT2D eigenvalue weighted by atomic mass is 19.2. The lowest BCUT2D eigenvalue weighted by Crippen LogP contribution is -2.42. The monoisotopic (exact) mass is 266 g/mol. The van der Waals surface area contributed by atoms with E-state index in [1.54, 1.807) is 6.07 Å². The van der Waals surface area contributed by atoms with Crippen molar-refractivity contribution in [1.29, 1.82) is 0 Å². The first-order valence-electron chi connectivity index (χ1n) is 7.11. The van der Waals surface area contributed by atoms with Crippen LogP contribution in [0.1, 0.15) is 37.3 Å². The van der Waals surface area contributed by atoms with E-state index in [1.807, 2.05) is 0 Å². The van der Waals surface area contributed by atoms with Crippen LogP contribution in [-0.4, -0.2) is 24.0 Å². The van der Waals surface area contributed by atoms with Crippen molar-refractivity contribution in [1.82, 2.24) is 4.90 Å². The molecule has 0 amide bonds. The highest BCUT2D eigenvalue weighted by Gasteiger charge is 2.40. The van der Waals surface area contributed by atoms with Crippen LogP contribution >= 0.6 is 0 Å². The summed E-state index contributed by atoms with van der Waals surface area (Å²) in [5, 5.41) is 0. The van der Waals surface area contributed by atoms with E-state index < -0.39 is 11.6 Å². The van der Waals surface area contributed by atoms with Gasteiger partial charge >= 0.3 is 0 Å². The van der Waals surface area contributed by atoms with Crippen molar-refractivity contribution in [2.45, 2.75) is 37.8 Å². The summed E-state index contributed by atoms with van der Waals surface area (Å²) in [6.07, 6.45) is 4.66. The topological polar surface area (TPSA) is 29.3 Å². The van der Waals surface area contributed by atoms with E-state index in [2.05, 4.69) is 4.90 Å². The Morgan fingerprint density at radius 1 is 1.16 bits per heavy atom. The zero-order chi connectivity index (χ0) is 13.4. The van der Waals surface area contributed by atoms with Crippen LogP contribution in [0.4, 0.5) is 8.78 Å². The second-order valence-corrected chi connectivity index (χ2v) is 5.73. The molecule has 4 heteroatoms. The summed E-state index contributed by atoms with van der Waals surface area (Å²) in [4.78, 5) is 2.45. The minimum atomic E-state index is -0.776. The Balaban J connectivity index is 1.93. The summed E-state index contributed by atoms with van der Waals surface area (Å²) in [7, 11) is 0. The number of rotatable bonds is 3. The van der Waals surface area contributed by atoms with E-state index >= 15 is 0 Å². The molecule has 1 aliphatic carbocycles. The van der Waals surface area contributed by atoms with Crippen molar-refractivity contribution in [3.05, 3.63) is 35.4 Å². The maximum atomic E-state index is 13.5. The highest BCUT2D eigenvalue weighted by molar-refractivity contribution is 5.23. The van der Waals surface area contributed by atoms with Crippen LogP contribution < -0.4 is 5.73 Å². The van der Waals surface area contributed by atoms with Crippen LogP contribution in [-0.2, 0) is 0 Å². The van der Waals surface area contributed by atoms with Crippen LogP contribution in [0.2, 0.25) is 0 Å². The van der Waals surface area contributed by atoms with Crippen molar-refractivity contribution < 1.29 is 8.78 Å². The third kappa shape index (κ3) is 2.51. The number of hydrogen-bond donors (Lipinski definition) is 1. The van der Waals surface area contributed by atoms with Gasteiger partial charge < -0.3 is 5.73 Å². The number of likely N-dealkylation sites (tertiary alicyclic amines) is 1. The molecule has 1 aromatic carbocycles. The lowest BCUT2D eigenvalue weighted by molar-refractivity contribution is 0.0876. The molecule has 1 saturated carbocycles. The molecule has 19 heavy (non-hydrogen) atoms. The Kier molecular flexibility index (Phi) is 3.54. The smallest absolute Gasteiger partial charge is 0.159 e. The average Bonchev–Trinajstić information content (AvgIpc) is 3.25. The second kappa shape index (κ2) is 5.17. The minimum Gasteiger partial charge on any atom is -0.330 e. The summed E-state index contributed by atoms with van der Waals surface area (Å²) in [5.74, 6) is -1.18. The van der Waals surface area contributed by atoms with Gasteiger partial charge in [0.05, 0.1) is 0 Å². The van der Waals surface area contributed by atoms with Crippen molar-refractivity contribution in [2.24, 2.45) is 11.7 Å². The van der Waals surface area contributed by atoms with E-state index in [-0.39, 0.29) is 6.04 Å². The molecule has 0 radical (unpaired) electrons. The van der Waals surface area contributed by atoms with Gasteiger partial charge in [-0.1, -0.05) is 6.07 Å². The van der Waals surface area contributed by atoms with Gasteiger partial charge in [0.1, 0.15) is 0 Å². The van der Waals surface area contributed by atoms with Gasteiger partial charge in [0.25, 0.3) is 0 Å². The van der Waals surface area contributed by atoms with Crippen molar-refractivity contribution >= 4 is 0 Å². The largest absolute Gasteiger partial charge is 0.330 e. The Morgan fingerprint density at radius 3 is 2.58 bits per heavy atom. The van der Waals surface area contributed by atoms with E-state index in [9.17, 15) is 8.78 Å². The van der Waals surface area contributed by atoms with Gasteiger partial charge in [0.2, 0.25) is 0 Å². The third-order valence-corrected chi connectivity index (χ3v) is 4.40. The van der Waals surface area contributed by atoms with Crippen LogP contribution in [0.25, 0.3) is 0 Å². The Labute approximate surface area is 112 Å². The fourth-order valence-electron chi connectivity index (χ4n) is 3.33. The quantitative estimate of drug-likeness (QED) is 0.911. The molecule has 2 fully saturated rings. The molecule has 1 aliphatic heterocycles. The first kappa shape index (κ1) is 13.0. The summed E-state index contributed by atoms with van der Waals surface area (Å²) < 4.78 is 26.6. The SMILES string of the molecule is NCC1CCCN(C2CC2)C1c1ccc(F)c(F)c1. The van der Waals surface area contributed by atoms with E-state index in [0.717, 1.165) is 24.9 Å². The number of hydrogen-bond acceptors (Lipinski definition) is 2. The zero-order valence-corrected chi connectivity index (χ0v) is 11.0. The summed E-state index contributed by atoms with van der Waals surface area (Å²) in [5.41, 5.74) is 6.76. The molecule has 2 atom stereocenters. The Morgan fingerprint density at radius 2 is 1.95 bits per heavy atom. The van der Waals surface area contributed by atoms with Gasteiger partial charge in [0, 0.05) is 12.1 Å². The predicted octanol–water partition coefficient (Wildman–Crippen LogP) is 2.84. The summed E-state index contributed by atoms with van der Waals surface area (Å²) in [6, 6.07) is 5.07. The lowest BCUT2D eigenvalue weighted by atomic mass is 9.84. The Bertz CT molecular complexity index is 459. The van der Waals surface area contributed by atoms with Crippen molar-refractivity contribution in [3.63, 3.8) is 0 Å². The van der Waals surface area contributed by atoms with Crippen LogP contribution in [0.15, 0.2) is 18.2 Å². The van der Waals surface area contributed by atoms with E-state index in [0.29, 0.717) is 18.5 Å². The molecule has 104 valence electrons. The fraction of sp³-hybridized carbons (Fsp3) is 0.600. The maximum absolute atomic E-state index is 13.5. The third-order valence-electron chi connectivity index (χ3n) is 4.40. The molecule has 3 rings (SSSR count). The molecule has 2 nitrogen and oxygen atoms in total. The molecule has 1 aromatic rings. The van der Waals surface area contributed by atoms with Gasteiger partial charge in [0.15, 0.2) is 11.6 Å². The Hall–Kier alpha value is -1.00. The molecule has 1 heterocycles. The average molecular weight is 266 g/mol. The first-order valence-corrected chi connectivity index (χ1v) is 7.11. The van der Waals surface area contributed by atoms with Crippen LogP contribution in [0.5, 0.6) is 0 Å². The van der Waals surface area contributed by atoms with Gasteiger partial charge in [-0.3, -0.25) is 4.90 Å². The van der Waals surface area contributed by atoms with Gasteiger partial charge in [-0.15, -0.1) is 0 Å². The zero-order valence-electron chi connectivity index (χ0n) is 11.0. The number of piperidine rings is 1.